The van der Waals surface area contributed by atoms with E-state index in [9.17, 15) is 4.79 Å². The summed E-state index contributed by atoms with van der Waals surface area (Å²) in [5.74, 6) is 1.86. The van der Waals surface area contributed by atoms with Gasteiger partial charge in [-0.25, -0.2) is 0 Å². The van der Waals surface area contributed by atoms with Gasteiger partial charge < -0.3 is 4.74 Å². The van der Waals surface area contributed by atoms with E-state index in [4.69, 9.17) is 4.74 Å². The van der Waals surface area contributed by atoms with Crippen LogP contribution in [0.1, 0.15) is 32.6 Å². The van der Waals surface area contributed by atoms with E-state index in [0.717, 1.165) is 35.7 Å². The number of ketones is 1. The van der Waals surface area contributed by atoms with Gasteiger partial charge in [0.25, 0.3) is 0 Å². The average Bonchev–Trinajstić information content (AvgIpc) is 2.38. The SMILES string of the molecule is CCCCCC(=O)C1CSc2ccccc2O1. The molecule has 17 heavy (non-hydrogen) atoms. The summed E-state index contributed by atoms with van der Waals surface area (Å²) in [4.78, 5) is 13.1. The van der Waals surface area contributed by atoms with Crippen molar-refractivity contribution in [1.29, 1.82) is 0 Å². The second kappa shape index (κ2) is 6.10. The lowest BCUT2D eigenvalue weighted by atomic mass is 10.1. The van der Waals surface area contributed by atoms with Crippen LogP contribution >= 0.6 is 11.8 Å². The Hall–Kier alpha value is -0.960. The maximum absolute atomic E-state index is 11.9. The molecule has 0 aliphatic carbocycles. The minimum atomic E-state index is -0.244. The molecule has 92 valence electrons. The van der Waals surface area contributed by atoms with Crippen LogP contribution in [0.4, 0.5) is 0 Å². The van der Waals surface area contributed by atoms with Gasteiger partial charge in [-0.1, -0.05) is 31.9 Å². The molecule has 0 amide bonds. The lowest BCUT2D eigenvalue weighted by Crippen LogP contribution is -2.32. The predicted molar refractivity (Wildman–Crippen MR) is 70.7 cm³/mol. The van der Waals surface area contributed by atoms with Crippen LogP contribution in [-0.2, 0) is 4.79 Å². The highest BCUT2D eigenvalue weighted by atomic mass is 32.2. The zero-order valence-corrected chi connectivity index (χ0v) is 11.0. The highest BCUT2D eigenvalue weighted by molar-refractivity contribution is 7.99. The molecule has 0 saturated carbocycles. The molecule has 2 nitrogen and oxygen atoms in total. The summed E-state index contributed by atoms with van der Waals surface area (Å²) in [7, 11) is 0. The molecule has 0 spiro atoms. The molecule has 0 fully saturated rings. The van der Waals surface area contributed by atoms with E-state index in [1.807, 2.05) is 24.3 Å². The number of Topliss-reactive ketones (excluding diaryl/α,β-unsaturated/α-hetero) is 1. The number of hydrogen-bond donors (Lipinski definition) is 0. The molecule has 0 N–H and O–H groups in total. The van der Waals surface area contributed by atoms with Crippen LogP contribution in [0.25, 0.3) is 0 Å². The fraction of sp³-hybridized carbons (Fsp3) is 0.500. The summed E-state index contributed by atoms with van der Waals surface area (Å²) in [5, 5.41) is 0. The molecule has 1 aromatic carbocycles. The molecule has 0 saturated heterocycles. The molecule has 1 heterocycles. The van der Waals surface area contributed by atoms with Crippen LogP contribution < -0.4 is 4.74 Å². The van der Waals surface area contributed by atoms with E-state index >= 15 is 0 Å². The number of carbonyl (C=O) groups is 1. The quantitative estimate of drug-likeness (QED) is 0.745. The first-order valence-corrected chi connectivity index (χ1v) is 7.21. The molecule has 2 rings (SSSR count). The molecule has 0 radical (unpaired) electrons. The number of para-hydroxylation sites is 1. The number of carbonyl (C=O) groups excluding carboxylic acids is 1. The summed E-state index contributed by atoms with van der Waals surface area (Å²) in [6.45, 7) is 2.15. The van der Waals surface area contributed by atoms with E-state index in [1.165, 1.54) is 0 Å². The Kier molecular flexibility index (Phi) is 4.49. The lowest BCUT2D eigenvalue weighted by molar-refractivity contribution is -0.125. The molecule has 3 heteroatoms. The summed E-state index contributed by atoms with van der Waals surface area (Å²) in [6, 6.07) is 7.92. The first kappa shape index (κ1) is 12.5. The Morgan fingerprint density at radius 1 is 1.41 bits per heavy atom. The van der Waals surface area contributed by atoms with E-state index < -0.39 is 0 Å². The van der Waals surface area contributed by atoms with Crippen molar-refractivity contribution in [3.05, 3.63) is 24.3 Å². The number of benzene rings is 1. The first-order chi connectivity index (χ1) is 8.31. The van der Waals surface area contributed by atoms with Crippen molar-refractivity contribution >= 4 is 17.5 Å². The van der Waals surface area contributed by atoms with Gasteiger partial charge in [0.2, 0.25) is 0 Å². The Bertz CT molecular complexity index is 390. The summed E-state index contributed by atoms with van der Waals surface area (Å²) >= 11 is 1.72. The average molecular weight is 250 g/mol. The molecule has 1 unspecified atom stereocenters. The molecule has 1 aromatic rings. The van der Waals surface area contributed by atoms with Crippen LogP contribution in [0.2, 0.25) is 0 Å². The molecule has 1 aliphatic rings. The Balaban J connectivity index is 1.91. The van der Waals surface area contributed by atoms with Gasteiger partial charge in [-0.2, -0.15) is 0 Å². The maximum atomic E-state index is 11.9. The smallest absolute Gasteiger partial charge is 0.174 e. The van der Waals surface area contributed by atoms with E-state index in [1.54, 1.807) is 11.8 Å². The summed E-state index contributed by atoms with van der Waals surface area (Å²) in [6.07, 6.45) is 3.67. The van der Waals surface area contributed by atoms with Gasteiger partial charge in [-0.05, 0) is 18.6 Å². The minimum Gasteiger partial charge on any atom is -0.481 e. The third kappa shape index (κ3) is 3.25. The van der Waals surface area contributed by atoms with Crippen molar-refractivity contribution in [2.24, 2.45) is 0 Å². The zero-order valence-electron chi connectivity index (χ0n) is 10.1. The highest BCUT2D eigenvalue weighted by Crippen LogP contribution is 2.35. The van der Waals surface area contributed by atoms with Gasteiger partial charge in [0.1, 0.15) is 5.75 Å². The number of ether oxygens (including phenoxy) is 1. The lowest BCUT2D eigenvalue weighted by Gasteiger charge is -2.24. The molecular weight excluding hydrogens is 232 g/mol. The molecule has 1 aliphatic heterocycles. The second-order valence-electron chi connectivity index (χ2n) is 4.29. The molecule has 1 atom stereocenters. The predicted octanol–water partition coefficient (Wildman–Crippen LogP) is 3.69. The van der Waals surface area contributed by atoms with Gasteiger partial charge in [0.05, 0.1) is 0 Å². The summed E-state index contributed by atoms with van der Waals surface area (Å²) in [5.41, 5.74) is 0. The monoisotopic (exact) mass is 250 g/mol. The fourth-order valence-corrected chi connectivity index (χ4v) is 2.91. The van der Waals surface area contributed by atoms with Gasteiger partial charge in [0.15, 0.2) is 11.9 Å². The maximum Gasteiger partial charge on any atom is 0.174 e. The normalized spacial score (nSPS) is 18.3. The highest BCUT2D eigenvalue weighted by Gasteiger charge is 2.25. The van der Waals surface area contributed by atoms with Crippen LogP contribution in [-0.4, -0.2) is 17.6 Å². The van der Waals surface area contributed by atoms with Gasteiger partial charge in [-0.15, -0.1) is 11.8 Å². The fourth-order valence-electron chi connectivity index (χ4n) is 1.89. The van der Waals surface area contributed by atoms with E-state index in [0.29, 0.717) is 6.42 Å². The minimum absolute atomic E-state index is 0.244. The van der Waals surface area contributed by atoms with Crippen molar-refractivity contribution < 1.29 is 9.53 Å². The first-order valence-electron chi connectivity index (χ1n) is 6.22. The Morgan fingerprint density at radius 2 is 2.24 bits per heavy atom. The van der Waals surface area contributed by atoms with Gasteiger partial charge >= 0.3 is 0 Å². The number of unbranched alkanes of at least 4 members (excludes halogenated alkanes) is 2. The van der Waals surface area contributed by atoms with E-state index in [2.05, 4.69) is 6.92 Å². The topological polar surface area (TPSA) is 26.3 Å². The van der Waals surface area contributed by atoms with Crippen molar-refractivity contribution in [1.82, 2.24) is 0 Å². The Morgan fingerprint density at radius 3 is 3.06 bits per heavy atom. The van der Waals surface area contributed by atoms with Crippen molar-refractivity contribution in [3.63, 3.8) is 0 Å². The standard InChI is InChI=1S/C14H18O2S/c1-2-3-4-7-11(15)13-10-17-14-9-6-5-8-12(14)16-13/h5-6,8-9,13H,2-4,7,10H2,1H3. The molecule has 0 aromatic heterocycles. The Labute approximate surface area is 107 Å². The van der Waals surface area contributed by atoms with Crippen molar-refractivity contribution in [2.45, 2.75) is 43.6 Å². The largest absolute Gasteiger partial charge is 0.481 e. The van der Waals surface area contributed by atoms with Crippen LogP contribution in [0.3, 0.4) is 0 Å². The van der Waals surface area contributed by atoms with Crippen LogP contribution in [0, 0.1) is 0 Å². The number of rotatable bonds is 5. The van der Waals surface area contributed by atoms with Crippen LogP contribution in [0.15, 0.2) is 29.2 Å². The zero-order chi connectivity index (χ0) is 12.1. The third-order valence-electron chi connectivity index (χ3n) is 2.89. The number of fused-ring (bicyclic) bond motifs is 1. The number of hydrogen-bond acceptors (Lipinski definition) is 3. The van der Waals surface area contributed by atoms with Gasteiger partial charge in [0, 0.05) is 17.1 Å². The number of thioether (sulfide) groups is 1. The van der Waals surface area contributed by atoms with E-state index in [-0.39, 0.29) is 11.9 Å². The summed E-state index contributed by atoms with van der Waals surface area (Å²) < 4.78 is 5.75. The van der Waals surface area contributed by atoms with Crippen molar-refractivity contribution in [2.75, 3.05) is 5.75 Å². The van der Waals surface area contributed by atoms with Gasteiger partial charge in [-0.3, -0.25) is 4.79 Å². The van der Waals surface area contributed by atoms with Crippen molar-refractivity contribution in [3.8, 4) is 5.75 Å². The van der Waals surface area contributed by atoms with Crippen LogP contribution in [0.5, 0.6) is 5.75 Å². The molecular formula is C14H18O2S. The third-order valence-corrected chi connectivity index (χ3v) is 4.01. The molecule has 0 bridgehead atoms. The second-order valence-corrected chi connectivity index (χ2v) is 5.35.